The molecule has 3 aromatic rings. The number of amides is 1. The SMILES string of the molecule is CCN(Cc1nc(-c2cccs2)no1)C(=O)/C=C/c1ccc(OC)cc1. The molecule has 0 fully saturated rings. The second kappa shape index (κ2) is 8.44. The van der Waals surface area contributed by atoms with Crippen LogP contribution in [-0.2, 0) is 11.3 Å². The Kier molecular flexibility index (Phi) is 5.80. The smallest absolute Gasteiger partial charge is 0.247 e. The van der Waals surface area contributed by atoms with Crippen LogP contribution in [0.4, 0.5) is 0 Å². The topological polar surface area (TPSA) is 68.5 Å². The second-order valence-electron chi connectivity index (χ2n) is 5.45. The molecule has 134 valence electrons. The van der Waals surface area contributed by atoms with Gasteiger partial charge < -0.3 is 14.2 Å². The van der Waals surface area contributed by atoms with Crippen LogP contribution in [0, 0.1) is 0 Å². The predicted molar refractivity (Wildman–Crippen MR) is 101 cm³/mol. The Morgan fingerprint density at radius 2 is 2.12 bits per heavy atom. The number of aromatic nitrogens is 2. The number of methoxy groups -OCH3 is 1. The number of rotatable bonds is 7. The molecule has 0 aliphatic rings. The van der Waals surface area contributed by atoms with E-state index >= 15 is 0 Å². The molecule has 0 bridgehead atoms. The highest BCUT2D eigenvalue weighted by Gasteiger charge is 2.15. The molecule has 1 aromatic carbocycles. The molecule has 0 spiro atoms. The summed E-state index contributed by atoms with van der Waals surface area (Å²) in [5.74, 6) is 1.63. The van der Waals surface area contributed by atoms with Gasteiger partial charge in [-0.15, -0.1) is 11.3 Å². The molecule has 0 aliphatic carbocycles. The largest absolute Gasteiger partial charge is 0.497 e. The maximum atomic E-state index is 12.4. The highest BCUT2D eigenvalue weighted by molar-refractivity contribution is 7.13. The molecular weight excluding hydrogens is 350 g/mol. The van der Waals surface area contributed by atoms with Crippen LogP contribution < -0.4 is 4.74 Å². The van der Waals surface area contributed by atoms with Crippen molar-refractivity contribution in [3.05, 3.63) is 59.3 Å². The third-order valence-corrected chi connectivity index (χ3v) is 4.63. The van der Waals surface area contributed by atoms with E-state index < -0.39 is 0 Å². The molecule has 0 N–H and O–H groups in total. The van der Waals surface area contributed by atoms with Crippen LogP contribution in [0.5, 0.6) is 5.75 Å². The molecule has 0 saturated heterocycles. The van der Waals surface area contributed by atoms with Crippen molar-refractivity contribution in [2.24, 2.45) is 0 Å². The van der Waals surface area contributed by atoms with E-state index in [9.17, 15) is 4.79 Å². The van der Waals surface area contributed by atoms with E-state index in [2.05, 4.69) is 10.1 Å². The predicted octanol–water partition coefficient (Wildman–Crippen LogP) is 3.87. The summed E-state index contributed by atoms with van der Waals surface area (Å²) in [6.45, 7) is 2.73. The minimum absolute atomic E-state index is 0.112. The molecule has 7 heteroatoms. The minimum Gasteiger partial charge on any atom is -0.497 e. The van der Waals surface area contributed by atoms with Gasteiger partial charge >= 0.3 is 0 Å². The zero-order chi connectivity index (χ0) is 18.4. The molecule has 2 aromatic heterocycles. The van der Waals surface area contributed by atoms with Crippen LogP contribution >= 0.6 is 11.3 Å². The summed E-state index contributed by atoms with van der Waals surface area (Å²) in [6.07, 6.45) is 3.32. The summed E-state index contributed by atoms with van der Waals surface area (Å²) in [5, 5.41) is 5.93. The lowest BCUT2D eigenvalue weighted by atomic mass is 10.2. The van der Waals surface area contributed by atoms with Crippen molar-refractivity contribution in [3.63, 3.8) is 0 Å². The van der Waals surface area contributed by atoms with E-state index in [1.54, 1.807) is 35.5 Å². The number of hydrogen-bond acceptors (Lipinski definition) is 6. The van der Waals surface area contributed by atoms with Crippen molar-refractivity contribution < 1.29 is 14.1 Å². The lowest BCUT2D eigenvalue weighted by Crippen LogP contribution is -2.28. The van der Waals surface area contributed by atoms with Crippen molar-refractivity contribution in [1.29, 1.82) is 0 Å². The Balaban J connectivity index is 1.64. The lowest BCUT2D eigenvalue weighted by Gasteiger charge is -2.16. The zero-order valence-corrected chi connectivity index (χ0v) is 15.4. The standard InChI is InChI=1S/C19H19N3O3S/c1-3-22(13-17-20-19(21-25-17)16-5-4-12-26-16)18(23)11-8-14-6-9-15(24-2)10-7-14/h4-12H,3,13H2,1-2H3/b11-8+. The third kappa shape index (κ3) is 4.37. The van der Waals surface area contributed by atoms with E-state index in [4.69, 9.17) is 9.26 Å². The maximum Gasteiger partial charge on any atom is 0.247 e. The Hall–Kier alpha value is -2.93. The van der Waals surface area contributed by atoms with E-state index in [0.717, 1.165) is 16.2 Å². The van der Waals surface area contributed by atoms with Gasteiger partial charge in [-0.1, -0.05) is 23.4 Å². The van der Waals surface area contributed by atoms with Crippen molar-refractivity contribution in [1.82, 2.24) is 15.0 Å². The fourth-order valence-corrected chi connectivity index (χ4v) is 2.97. The average molecular weight is 369 g/mol. The number of thiophene rings is 1. The van der Waals surface area contributed by atoms with E-state index in [1.165, 1.54) is 0 Å². The second-order valence-corrected chi connectivity index (χ2v) is 6.40. The average Bonchev–Trinajstić information content (AvgIpc) is 3.36. The van der Waals surface area contributed by atoms with E-state index in [0.29, 0.717) is 18.3 Å². The quantitative estimate of drug-likeness (QED) is 0.592. The molecule has 0 saturated carbocycles. The summed E-state index contributed by atoms with van der Waals surface area (Å²) in [5.41, 5.74) is 0.924. The molecule has 3 rings (SSSR count). The van der Waals surface area contributed by atoms with Crippen molar-refractivity contribution in [2.45, 2.75) is 13.5 Å². The molecule has 1 amide bonds. The Morgan fingerprint density at radius 1 is 1.31 bits per heavy atom. The maximum absolute atomic E-state index is 12.4. The van der Waals surface area contributed by atoms with Crippen LogP contribution in [0.2, 0.25) is 0 Å². The van der Waals surface area contributed by atoms with Gasteiger partial charge in [0, 0.05) is 12.6 Å². The highest BCUT2D eigenvalue weighted by Crippen LogP contribution is 2.21. The van der Waals surface area contributed by atoms with Gasteiger partial charge in [0.1, 0.15) is 12.3 Å². The van der Waals surface area contributed by atoms with Crippen molar-refractivity contribution in [3.8, 4) is 16.5 Å². The molecule has 0 aliphatic heterocycles. The number of carbonyl (C=O) groups excluding carboxylic acids is 1. The molecule has 0 radical (unpaired) electrons. The summed E-state index contributed by atoms with van der Waals surface area (Å²) in [4.78, 5) is 19.4. The van der Waals surface area contributed by atoms with Crippen LogP contribution in [-0.4, -0.2) is 34.6 Å². The van der Waals surface area contributed by atoms with E-state index in [1.807, 2.05) is 48.7 Å². The first-order valence-corrected chi connectivity index (χ1v) is 9.05. The summed E-state index contributed by atoms with van der Waals surface area (Å²) in [6, 6.07) is 11.4. The molecular formula is C19H19N3O3S. The van der Waals surface area contributed by atoms with Gasteiger partial charge in [0.2, 0.25) is 17.6 Å². The van der Waals surface area contributed by atoms with Gasteiger partial charge in [-0.05, 0) is 42.1 Å². The normalized spacial score (nSPS) is 11.0. The lowest BCUT2D eigenvalue weighted by molar-refractivity contribution is -0.126. The summed E-state index contributed by atoms with van der Waals surface area (Å²) < 4.78 is 10.4. The van der Waals surface area contributed by atoms with Gasteiger partial charge in [-0.2, -0.15) is 4.98 Å². The van der Waals surface area contributed by atoms with Gasteiger partial charge in [0.15, 0.2) is 0 Å². The van der Waals surface area contributed by atoms with Crippen LogP contribution in [0.3, 0.4) is 0 Å². The Labute approximate surface area is 155 Å². The first kappa shape index (κ1) is 17.9. The molecule has 6 nitrogen and oxygen atoms in total. The Morgan fingerprint density at radius 3 is 2.77 bits per heavy atom. The number of ether oxygens (including phenoxy) is 1. The van der Waals surface area contributed by atoms with Crippen LogP contribution in [0.25, 0.3) is 16.8 Å². The molecule has 0 atom stereocenters. The fraction of sp³-hybridized carbons (Fsp3) is 0.211. The van der Waals surface area contributed by atoms with Gasteiger partial charge in [0.05, 0.1) is 12.0 Å². The number of likely N-dealkylation sites (N-methyl/N-ethyl adjacent to an activating group) is 1. The number of nitrogens with zero attached hydrogens (tertiary/aromatic N) is 3. The van der Waals surface area contributed by atoms with Crippen molar-refractivity contribution >= 4 is 23.3 Å². The fourth-order valence-electron chi connectivity index (χ4n) is 2.32. The van der Waals surface area contributed by atoms with Gasteiger partial charge in [-0.25, -0.2) is 0 Å². The highest BCUT2D eigenvalue weighted by atomic mass is 32.1. The summed E-state index contributed by atoms with van der Waals surface area (Å²) >= 11 is 1.54. The van der Waals surface area contributed by atoms with Crippen LogP contribution in [0.15, 0.2) is 52.4 Å². The third-order valence-electron chi connectivity index (χ3n) is 3.76. The number of hydrogen-bond donors (Lipinski definition) is 0. The molecule has 26 heavy (non-hydrogen) atoms. The first-order valence-electron chi connectivity index (χ1n) is 8.17. The van der Waals surface area contributed by atoms with Gasteiger partial charge in [0.25, 0.3) is 0 Å². The minimum atomic E-state index is -0.112. The van der Waals surface area contributed by atoms with Crippen molar-refractivity contribution in [2.75, 3.05) is 13.7 Å². The molecule has 2 heterocycles. The van der Waals surface area contributed by atoms with Gasteiger partial charge in [-0.3, -0.25) is 4.79 Å². The number of carbonyl (C=O) groups is 1. The molecule has 0 unspecified atom stereocenters. The monoisotopic (exact) mass is 369 g/mol. The summed E-state index contributed by atoms with van der Waals surface area (Å²) in [7, 11) is 1.62. The Bertz CT molecular complexity index is 870. The van der Waals surface area contributed by atoms with Crippen LogP contribution in [0.1, 0.15) is 18.4 Å². The zero-order valence-electron chi connectivity index (χ0n) is 14.6. The number of benzene rings is 1. The van der Waals surface area contributed by atoms with E-state index in [-0.39, 0.29) is 12.5 Å². The first-order chi connectivity index (χ1) is 12.7.